The zero-order valence-electron chi connectivity index (χ0n) is 12.9. The average molecular weight is 351 g/mol. The van der Waals surface area contributed by atoms with Crippen molar-refractivity contribution in [2.45, 2.75) is 43.9 Å². The highest BCUT2D eigenvalue weighted by molar-refractivity contribution is 7.16. The molecule has 0 aromatic carbocycles. The Balaban J connectivity index is 1.74. The number of aromatic hydroxyl groups is 1. The Labute approximate surface area is 144 Å². The maximum atomic E-state index is 10.2. The predicted molar refractivity (Wildman–Crippen MR) is 91.1 cm³/mol. The normalized spacial score (nSPS) is 30.3. The number of nitrogens with one attached hydrogen (secondary N) is 1. The van der Waals surface area contributed by atoms with Crippen molar-refractivity contribution in [3.8, 4) is 5.75 Å². The summed E-state index contributed by atoms with van der Waals surface area (Å²) >= 11 is 7.90. The van der Waals surface area contributed by atoms with Gasteiger partial charge in [-0.15, -0.1) is 11.3 Å². The Morgan fingerprint density at radius 3 is 3.17 bits per heavy atom. The smallest absolute Gasteiger partial charge is 0.123 e. The summed E-state index contributed by atoms with van der Waals surface area (Å²) in [5.74, 6) is 0.280. The maximum absolute atomic E-state index is 10.2. The number of hydrogen-bond donors (Lipinski definition) is 2. The first-order valence-corrected chi connectivity index (χ1v) is 9.08. The number of fused-ring (bicyclic) bond motifs is 2. The largest absolute Gasteiger partial charge is 0.507 e. The van der Waals surface area contributed by atoms with E-state index < -0.39 is 0 Å². The van der Waals surface area contributed by atoms with E-state index in [-0.39, 0.29) is 23.4 Å². The second-order valence-corrected chi connectivity index (χ2v) is 8.14. The first-order valence-electron chi connectivity index (χ1n) is 7.89. The first-order chi connectivity index (χ1) is 11.1. The number of rotatable bonds is 1. The van der Waals surface area contributed by atoms with E-state index >= 15 is 0 Å². The molecule has 4 rings (SSSR count). The van der Waals surface area contributed by atoms with Gasteiger partial charge < -0.3 is 15.2 Å². The number of aromatic nitrogens is 1. The van der Waals surface area contributed by atoms with Crippen LogP contribution in [0.15, 0.2) is 24.5 Å². The van der Waals surface area contributed by atoms with E-state index in [0.717, 1.165) is 35.8 Å². The van der Waals surface area contributed by atoms with Gasteiger partial charge in [-0.3, -0.25) is 4.98 Å². The molecule has 2 aromatic heterocycles. The molecular weight excluding hydrogens is 332 g/mol. The van der Waals surface area contributed by atoms with Gasteiger partial charge in [-0.2, -0.15) is 0 Å². The minimum Gasteiger partial charge on any atom is -0.507 e. The van der Waals surface area contributed by atoms with Crippen LogP contribution in [0.3, 0.4) is 0 Å². The van der Waals surface area contributed by atoms with Gasteiger partial charge in [-0.25, -0.2) is 0 Å². The van der Waals surface area contributed by atoms with E-state index in [4.69, 9.17) is 16.3 Å². The van der Waals surface area contributed by atoms with Crippen LogP contribution in [0.5, 0.6) is 5.75 Å². The van der Waals surface area contributed by atoms with Crippen molar-refractivity contribution in [2.24, 2.45) is 0 Å². The van der Waals surface area contributed by atoms with Crippen molar-refractivity contribution in [1.29, 1.82) is 0 Å². The number of nitrogens with zero attached hydrogens (tertiary/aromatic N) is 1. The molecule has 2 aliphatic heterocycles. The zero-order chi connectivity index (χ0) is 16.0. The molecule has 0 radical (unpaired) electrons. The van der Waals surface area contributed by atoms with E-state index in [0.29, 0.717) is 0 Å². The number of piperidine rings is 1. The Bertz CT molecular complexity index is 735. The van der Waals surface area contributed by atoms with E-state index in [9.17, 15) is 5.11 Å². The van der Waals surface area contributed by atoms with Gasteiger partial charge in [-0.1, -0.05) is 11.6 Å². The molecule has 2 aliphatic rings. The topological polar surface area (TPSA) is 54.4 Å². The predicted octanol–water partition coefficient (Wildman–Crippen LogP) is 3.78. The summed E-state index contributed by atoms with van der Waals surface area (Å²) in [6.07, 6.45) is 5.96. The Kier molecular flexibility index (Phi) is 3.84. The molecule has 0 unspecified atom stereocenters. The van der Waals surface area contributed by atoms with Crippen LogP contribution >= 0.6 is 22.9 Å². The molecule has 1 saturated heterocycles. The lowest BCUT2D eigenvalue weighted by molar-refractivity contribution is -0.0955. The van der Waals surface area contributed by atoms with Gasteiger partial charge in [0, 0.05) is 41.3 Å². The molecular formula is C17H19ClN2O2S. The number of hydrogen-bond acceptors (Lipinski definition) is 5. The lowest BCUT2D eigenvalue weighted by atomic mass is 9.78. The van der Waals surface area contributed by atoms with Gasteiger partial charge in [0.05, 0.1) is 10.9 Å². The second kappa shape index (κ2) is 5.74. The van der Waals surface area contributed by atoms with Gasteiger partial charge >= 0.3 is 0 Å². The average Bonchev–Trinajstić information content (AvgIpc) is 2.89. The number of ether oxygens (including phenoxy) is 1. The first kappa shape index (κ1) is 15.4. The fraction of sp³-hybridized carbons (Fsp3) is 0.471. The van der Waals surface area contributed by atoms with Crippen LogP contribution in [-0.4, -0.2) is 22.7 Å². The molecule has 0 saturated carbocycles. The number of pyridine rings is 1. The third-order valence-electron chi connectivity index (χ3n) is 4.80. The zero-order valence-corrected chi connectivity index (χ0v) is 14.5. The fourth-order valence-electron chi connectivity index (χ4n) is 3.93. The molecule has 2 N–H and O–H groups in total. The molecule has 3 atom stereocenters. The van der Waals surface area contributed by atoms with Gasteiger partial charge in [0.1, 0.15) is 11.4 Å². The van der Waals surface area contributed by atoms with Gasteiger partial charge in [0.2, 0.25) is 0 Å². The molecule has 1 spiro atoms. The van der Waals surface area contributed by atoms with Gasteiger partial charge in [0.25, 0.3) is 0 Å². The fourth-order valence-corrected chi connectivity index (χ4v) is 5.39. The molecule has 4 nitrogen and oxygen atoms in total. The van der Waals surface area contributed by atoms with Gasteiger partial charge in [0.15, 0.2) is 0 Å². The molecule has 23 heavy (non-hydrogen) atoms. The summed E-state index contributed by atoms with van der Waals surface area (Å²) in [4.78, 5) is 5.43. The van der Waals surface area contributed by atoms with Crippen molar-refractivity contribution >= 4 is 22.9 Å². The molecule has 0 aliphatic carbocycles. The highest BCUT2D eigenvalue weighted by Crippen LogP contribution is 2.50. The molecule has 6 heteroatoms. The highest BCUT2D eigenvalue weighted by atomic mass is 35.5. The second-order valence-electron chi connectivity index (χ2n) is 6.46. The molecule has 4 heterocycles. The van der Waals surface area contributed by atoms with Crippen LogP contribution in [0.2, 0.25) is 4.34 Å². The SMILES string of the molecule is C[C@H]1C[C@@]2(C[C@@H](c3cnccc3O)N1)OCCc1cc(Cl)sc12. The summed E-state index contributed by atoms with van der Waals surface area (Å²) in [5, 5.41) is 13.8. The van der Waals surface area contributed by atoms with Crippen LogP contribution in [0.1, 0.15) is 41.8 Å². The van der Waals surface area contributed by atoms with Crippen LogP contribution in [0.25, 0.3) is 0 Å². The van der Waals surface area contributed by atoms with E-state index in [1.807, 2.05) is 0 Å². The lowest BCUT2D eigenvalue weighted by Crippen LogP contribution is -2.49. The van der Waals surface area contributed by atoms with E-state index in [1.165, 1.54) is 10.4 Å². The Hall–Kier alpha value is -1.14. The molecule has 122 valence electrons. The van der Waals surface area contributed by atoms with Crippen LogP contribution < -0.4 is 5.32 Å². The van der Waals surface area contributed by atoms with Gasteiger partial charge in [-0.05, 0) is 37.5 Å². The summed E-state index contributed by atoms with van der Waals surface area (Å²) in [5.41, 5.74) is 1.83. The molecule has 0 amide bonds. The van der Waals surface area contributed by atoms with Crippen molar-refractivity contribution < 1.29 is 9.84 Å². The third-order valence-corrected chi connectivity index (χ3v) is 6.29. The summed E-state index contributed by atoms with van der Waals surface area (Å²) < 4.78 is 7.14. The quantitative estimate of drug-likeness (QED) is 0.821. The number of thiophene rings is 1. The van der Waals surface area contributed by atoms with Crippen LogP contribution in [0.4, 0.5) is 0 Å². The Morgan fingerprint density at radius 2 is 2.35 bits per heavy atom. The van der Waals surface area contributed by atoms with Crippen LogP contribution in [0, 0.1) is 0 Å². The summed E-state index contributed by atoms with van der Waals surface area (Å²) in [6, 6.07) is 4.01. The van der Waals surface area contributed by atoms with Crippen LogP contribution in [-0.2, 0) is 16.8 Å². The maximum Gasteiger partial charge on any atom is 0.123 e. The highest BCUT2D eigenvalue weighted by Gasteiger charge is 2.46. The number of halogens is 1. The molecule has 0 bridgehead atoms. The standard InChI is InChI=1S/C17H19ClN2O2S/c1-10-7-17(16-11(3-5-22-17)6-15(18)23-16)8-13(20-10)12-9-19-4-2-14(12)21/h2,4,6,9-10,13,20H,3,5,7-8H2,1H3,(H,19,21)/t10-,13-,17-/m0/s1. The monoisotopic (exact) mass is 350 g/mol. The third kappa shape index (κ3) is 2.66. The Morgan fingerprint density at radius 1 is 1.48 bits per heavy atom. The van der Waals surface area contributed by atoms with E-state index in [1.54, 1.807) is 29.8 Å². The summed E-state index contributed by atoms with van der Waals surface area (Å²) in [6.45, 7) is 2.88. The summed E-state index contributed by atoms with van der Waals surface area (Å²) in [7, 11) is 0. The minimum absolute atomic E-state index is 0.0132. The van der Waals surface area contributed by atoms with Crippen molar-refractivity contribution in [2.75, 3.05) is 6.61 Å². The molecule has 2 aromatic rings. The van der Waals surface area contributed by atoms with Crippen molar-refractivity contribution in [3.05, 3.63) is 44.9 Å². The lowest BCUT2D eigenvalue weighted by Gasteiger charge is -2.46. The minimum atomic E-state index is -0.316. The molecule has 1 fully saturated rings. The van der Waals surface area contributed by atoms with Crippen molar-refractivity contribution in [1.82, 2.24) is 10.3 Å². The van der Waals surface area contributed by atoms with Crippen molar-refractivity contribution in [3.63, 3.8) is 0 Å². The van der Waals surface area contributed by atoms with E-state index in [2.05, 4.69) is 23.3 Å².